The van der Waals surface area contributed by atoms with E-state index >= 15 is 0 Å². The fourth-order valence-electron chi connectivity index (χ4n) is 2.79. The SMILES string of the molecule is CCC(C)NC(=O)CN1CCN(CCOc2cccc(C)c2)CC1. The van der Waals surface area contributed by atoms with Gasteiger partial charge < -0.3 is 10.1 Å². The number of ether oxygens (including phenoxy) is 1. The Hall–Kier alpha value is -1.59. The summed E-state index contributed by atoms with van der Waals surface area (Å²) in [4.78, 5) is 16.6. The van der Waals surface area contributed by atoms with Gasteiger partial charge >= 0.3 is 0 Å². The number of hydrogen-bond donors (Lipinski definition) is 1. The van der Waals surface area contributed by atoms with Gasteiger partial charge in [0.1, 0.15) is 12.4 Å². The fraction of sp³-hybridized carbons (Fsp3) is 0.632. The zero-order valence-electron chi connectivity index (χ0n) is 15.3. The first-order valence-electron chi connectivity index (χ1n) is 9.00. The van der Waals surface area contributed by atoms with E-state index in [1.807, 2.05) is 19.1 Å². The molecule has 1 fully saturated rings. The maximum atomic E-state index is 11.9. The van der Waals surface area contributed by atoms with Gasteiger partial charge in [0.25, 0.3) is 0 Å². The van der Waals surface area contributed by atoms with Crippen molar-refractivity contribution in [1.29, 1.82) is 0 Å². The summed E-state index contributed by atoms with van der Waals surface area (Å²) >= 11 is 0. The lowest BCUT2D eigenvalue weighted by Crippen LogP contribution is -2.50. The molecule has 5 nitrogen and oxygen atoms in total. The lowest BCUT2D eigenvalue weighted by atomic mass is 10.2. The van der Waals surface area contributed by atoms with Gasteiger partial charge in [-0.15, -0.1) is 0 Å². The molecule has 1 unspecified atom stereocenters. The molecule has 1 aromatic rings. The molecule has 0 spiro atoms. The third-order valence-corrected chi connectivity index (χ3v) is 4.52. The molecule has 5 heteroatoms. The number of carbonyl (C=O) groups excluding carboxylic acids is 1. The molecule has 0 aromatic heterocycles. The highest BCUT2D eigenvalue weighted by Crippen LogP contribution is 2.12. The Balaban J connectivity index is 1.61. The molecule has 1 saturated heterocycles. The molecule has 1 aromatic carbocycles. The first-order chi connectivity index (χ1) is 11.6. The monoisotopic (exact) mass is 333 g/mol. The topological polar surface area (TPSA) is 44.8 Å². The number of rotatable bonds is 8. The van der Waals surface area contributed by atoms with Gasteiger partial charge in [0, 0.05) is 38.8 Å². The molecule has 0 saturated carbocycles. The Morgan fingerprint density at radius 1 is 1.25 bits per heavy atom. The second-order valence-corrected chi connectivity index (χ2v) is 6.66. The molecule has 24 heavy (non-hydrogen) atoms. The van der Waals surface area contributed by atoms with Crippen LogP contribution in [-0.4, -0.2) is 67.6 Å². The second kappa shape index (κ2) is 9.64. The fourth-order valence-corrected chi connectivity index (χ4v) is 2.79. The van der Waals surface area contributed by atoms with Crippen LogP contribution >= 0.6 is 0 Å². The summed E-state index contributed by atoms with van der Waals surface area (Å²) in [5.74, 6) is 1.08. The molecule has 0 aliphatic carbocycles. The Bertz CT molecular complexity index is 513. The van der Waals surface area contributed by atoms with E-state index in [-0.39, 0.29) is 11.9 Å². The predicted octanol–water partition coefficient (Wildman–Crippen LogP) is 1.91. The maximum absolute atomic E-state index is 11.9. The summed E-state index contributed by atoms with van der Waals surface area (Å²) in [6.45, 7) is 12.2. The van der Waals surface area contributed by atoms with Crippen LogP contribution in [-0.2, 0) is 4.79 Å². The molecular formula is C19H31N3O2. The van der Waals surface area contributed by atoms with Crippen LogP contribution in [0.5, 0.6) is 5.75 Å². The summed E-state index contributed by atoms with van der Waals surface area (Å²) in [5.41, 5.74) is 1.22. The van der Waals surface area contributed by atoms with Crippen molar-refractivity contribution in [3.63, 3.8) is 0 Å². The number of nitrogens with one attached hydrogen (secondary N) is 1. The summed E-state index contributed by atoms with van der Waals surface area (Å²) in [6.07, 6.45) is 0.973. The zero-order valence-corrected chi connectivity index (χ0v) is 15.3. The van der Waals surface area contributed by atoms with Gasteiger partial charge in [-0.2, -0.15) is 0 Å². The zero-order chi connectivity index (χ0) is 17.4. The van der Waals surface area contributed by atoms with Crippen LogP contribution in [0.1, 0.15) is 25.8 Å². The van der Waals surface area contributed by atoms with E-state index in [0.717, 1.165) is 44.9 Å². The van der Waals surface area contributed by atoms with E-state index in [1.165, 1.54) is 5.56 Å². The highest BCUT2D eigenvalue weighted by molar-refractivity contribution is 5.78. The van der Waals surface area contributed by atoms with E-state index in [9.17, 15) is 4.79 Å². The molecule has 2 rings (SSSR count). The number of carbonyl (C=O) groups is 1. The minimum Gasteiger partial charge on any atom is -0.492 e. The van der Waals surface area contributed by atoms with Crippen molar-refractivity contribution < 1.29 is 9.53 Å². The first-order valence-corrected chi connectivity index (χ1v) is 9.00. The third-order valence-electron chi connectivity index (χ3n) is 4.52. The van der Waals surface area contributed by atoms with E-state index in [1.54, 1.807) is 0 Å². The first kappa shape index (κ1) is 18.7. The number of aryl methyl sites for hydroxylation is 1. The highest BCUT2D eigenvalue weighted by atomic mass is 16.5. The quantitative estimate of drug-likeness (QED) is 0.789. The van der Waals surface area contributed by atoms with Crippen LogP contribution in [0.2, 0.25) is 0 Å². The third kappa shape index (κ3) is 6.49. The Labute approximate surface area is 146 Å². The average Bonchev–Trinajstić information content (AvgIpc) is 2.56. The van der Waals surface area contributed by atoms with E-state index in [4.69, 9.17) is 4.74 Å². The van der Waals surface area contributed by atoms with Gasteiger partial charge in [-0.3, -0.25) is 14.6 Å². The lowest BCUT2D eigenvalue weighted by molar-refractivity contribution is -0.123. The van der Waals surface area contributed by atoms with Crippen LogP contribution in [0.15, 0.2) is 24.3 Å². The van der Waals surface area contributed by atoms with E-state index in [2.05, 4.69) is 41.1 Å². The van der Waals surface area contributed by atoms with Crippen LogP contribution in [0.4, 0.5) is 0 Å². The molecule has 1 atom stereocenters. The molecular weight excluding hydrogens is 302 g/mol. The predicted molar refractivity (Wildman–Crippen MR) is 97.4 cm³/mol. The number of amides is 1. The summed E-state index contributed by atoms with van der Waals surface area (Å²) < 4.78 is 5.82. The van der Waals surface area contributed by atoms with Crippen molar-refractivity contribution in [1.82, 2.24) is 15.1 Å². The van der Waals surface area contributed by atoms with Gasteiger partial charge in [-0.25, -0.2) is 0 Å². The van der Waals surface area contributed by atoms with Crippen molar-refractivity contribution >= 4 is 5.91 Å². The number of hydrogen-bond acceptors (Lipinski definition) is 4. The van der Waals surface area contributed by atoms with Gasteiger partial charge in [0.15, 0.2) is 0 Å². The van der Waals surface area contributed by atoms with Crippen molar-refractivity contribution in [2.45, 2.75) is 33.2 Å². The largest absolute Gasteiger partial charge is 0.492 e. The molecule has 1 amide bonds. The Morgan fingerprint density at radius 3 is 2.62 bits per heavy atom. The van der Waals surface area contributed by atoms with Crippen molar-refractivity contribution in [2.24, 2.45) is 0 Å². The Morgan fingerprint density at radius 2 is 1.96 bits per heavy atom. The molecule has 1 N–H and O–H groups in total. The van der Waals surface area contributed by atoms with Crippen LogP contribution in [0.3, 0.4) is 0 Å². The number of nitrogens with zero attached hydrogens (tertiary/aromatic N) is 2. The Kier molecular flexibility index (Phi) is 7.53. The van der Waals surface area contributed by atoms with Gasteiger partial charge in [0.2, 0.25) is 5.91 Å². The smallest absolute Gasteiger partial charge is 0.234 e. The minimum atomic E-state index is 0.139. The highest BCUT2D eigenvalue weighted by Gasteiger charge is 2.19. The van der Waals surface area contributed by atoms with Crippen LogP contribution < -0.4 is 10.1 Å². The molecule has 134 valence electrons. The van der Waals surface area contributed by atoms with Gasteiger partial charge in [0.05, 0.1) is 6.54 Å². The summed E-state index contributed by atoms with van der Waals surface area (Å²) in [7, 11) is 0. The number of piperazine rings is 1. The standard InChI is InChI=1S/C19H31N3O2/c1-4-17(3)20-19(23)15-22-10-8-21(9-11-22)12-13-24-18-7-5-6-16(2)14-18/h5-7,14,17H,4,8-13,15H2,1-3H3,(H,20,23). The average molecular weight is 333 g/mol. The summed E-state index contributed by atoms with van der Waals surface area (Å²) in [6, 6.07) is 8.42. The molecule has 1 heterocycles. The molecule has 0 radical (unpaired) electrons. The maximum Gasteiger partial charge on any atom is 0.234 e. The van der Waals surface area contributed by atoms with Crippen molar-refractivity contribution in [2.75, 3.05) is 45.9 Å². The summed E-state index contributed by atoms with van der Waals surface area (Å²) in [5, 5.41) is 3.03. The lowest BCUT2D eigenvalue weighted by Gasteiger charge is -2.34. The van der Waals surface area contributed by atoms with Gasteiger partial charge in [-0.05, 0) is 38.0 Å². The minimum absolute atomic E-state index is 0.139. The van der Waals surface area contributed by atoms with Crippen molar-refractivity contribution in [3.05, 3.63) is 29.8 Å². The van der Waals surface area contributed by atoms with Crippen molar-refractivity contribution in [3.8, 4) is 5.75 Å². The van der Waals surface area contributed by atoms with Crippen LogP contribution in [0, 0.1) is 6.92 Å². The van der Waals surface area contributed by atoms with Crippen LogP contribution in [0.25, 0.3) is 0 Å². The van der Waals surface area contributed by atoms with E-state index < -0.39 is 0 Å². The van der Waals surface area contributed by atoms with E-state index in [0.29, 0.717) is 13.2 Å². The molecule has 0 bridgehead atoms. The second-order valence-electron chi connectivity index (χ2n) is 6.66. The number of benzene rings is 1. The normalized spacial score (nSPS) is 17.5. The molecule has 1 aliphatic heterocycles. The van der Waals surface area contributed by atoms with Gasteiger partial charge in [-0.1, -0.05) is 19.1 Å². The molecule has 1 aliphatic rings.